The molecule has 0 fully saturated rings. The average Bonchev–Trinajstić information content (AvgIpc) is 2.19. The average molecular weight is 279 g/mol. The zero-order valence-corrected chi connectivity index (χ0v) is 11.9. The number of halogens is 1. The van der Waals surface area contributed by atoms with Gasteiger partial charge in [-0.25, -0.2) is 0 Å². The maximum atomic E-state index is 3.62. The van der Waals surface area contributed by atoms with E-state index in [1.54, 1.807) is 0 Å². The fourth-order valence-corrected chi connectivity index (χ4v) is 2.71. The highest BCUT2D eigenvalue weighted by atomic mass is 79.9. The van der Waals surface area contributed by atoms with Crippen molar-refractivity contribution >= 4 is 27.7 Å². The van der Waals surface area contributed by atoms with Gasteiger partial charge >= 0.3 is 0 Å². The minimum absolute atomic E-state index is 1.22. The lowest BCUT2D eigenvalue weighted by atomic mass is 10.2. The predicted molar refractivity (Wildman–Crippen MR) is 73.1 cm³/mol. The highest BCUT2D eigenvalue weighted by Crippen LogP contribution is 2.20. The number of allylic oxidation sites excluding steroid dienone is 1. The smallest absolute Gasteiger partial charge is 0.00135 e. The molecule has 0 amide bonds. The third kappa shape index (κ3) is 10.6. The van der Waals surface area contributed by atoms with Crippen molar-refractivity contribution in [1.82, 2.24) is 0 Å². The molecule has 0 N–H and O–H groups in total. The van der Waals surface area contributed by atoms with E-state index in [4.69, 9.17) is 0 Å². The van der Waals surface area contributed by atoms with Gasteiger partial charge in [0.2, 0.25) is 0 Å². The van der Waals surface area contributed by atoms with Crippen LogP contribution in [0.15, 0.2) is 9.89 Å². The molecule has 0 heterocycles. The molecule has 0 aliphatic heterocycles. The van der Waals surface area contributed by atoms with Crippen molar-refractivity contribution in [3.63, 3.8) is 0 Å². The molecule has 0 aliphatic rings. The molecule has 0 saturated heterocycles. The van der Waals surface area contributed by atoms with Crippen LogP contribution in [0.2, 0.25) is 0 Å². The van der Waals surface area contributed by atoms with Crippen molar-refractivity contribution in [3.8, 4) is 0 Å². The summed E-state index contributed by atoms with van der Waals surface area (Å²) in [5.41, 5.74) is 0. The first kappa shape index (κ1) is 14.6. The summed E-state index contributed by atoms with van der Waals surface area (Å²) in [5, 5.41) is 2.28. The van der Waals surface area contributed by atoms with E-state index in [-0.39, 0.29) is 0 Å². The molecule has 0 nitrogen and oxygen atoms in total. The molecule has 0 rings (SSSR count). The van der Waals surface area contributed by atoms with Crippen molar-refractivity contribution in [1.29, 1.82) is 0 Å². The minimum Gasteiger partial charge on any atom is -0.133 e. The molecule has 0 radical (unpaired) electrons. The van der Waals surface area contributed by atoms with Crippen LogP contribution >= 0.6 is 27.7 Å². The summed E-state index contributed by atoms with van der Waals surface area (Å²) in [5.74, 6) is 1.26. The van der Waals surface area contributed by atoms with Crippen LogP contribution in [0.4, 0.5) is 0 Å². The van der Waals surface area contributed by atoms with E-state index in [0.717, 1.165) is 0 Å². The maximum absolute atomic E-state index is 3.62. The number of unbranched alkanes of at least 4 members (excludes halogenated alkanes) is 4. The van der Waals surface area contributed by atoms with Gasteiger partial charge in [0.15, 0.2) is 0 Å². The molecule has 0 spiro atoms. The Morgan fingerprint density at radius 3 is 2.43 bits per heavy atom. The predicted octanol–water partition coefficient (Wildman–Crippen LogP) is 5.73. The molecule has 0 aromatic carbocycles. The molecular weight excluding hydrogens is 256 g/mol. The first-order chi connectivity index (χ1) is 6.81. The largest absolute Gasteiger partial charge is 0.133 e. The Hall–Kier alpha value is 0.570. The monoisotopic (exact) mass is 278 g/mol. The van der Waals surface area contributed by atoms with E-state index in [0.29, 0.717) is 0 Å². The number of hydrogen-bond donors (Lipinski definition) is 0. The van der Waals surface area contributed by atoms with Gasteiger partial charge in [-0.3, -0.25) is 0 Å². The van der Waals surface area contributed by atoms with Crippen LogP contribution in [-0.4, -0.2) is 5.75 Å². The van der Waals surface area contributed by atoms with Crippen LogP contribution in [0.3, 0.4) is 0 Å². The second-order valence-electron chi connectivity index (χ2n) is 3.60. The first-order valence-corrected chi connectivity index (χ1v) is 7.61. The van der Waals surface area contributed by atoms with Gasteiger partial charge in [-0.15, -0.1) is 11.8 Å². The fraction of sp³-hybridized carbons (Fsp3) is 0.833. The van der Waals surface area contributed by atoms with Crippen LogP contribution in [-0.2, 0) is 0 Å². The lowest BCUT2D eigenvalue weighted by molar-refractivity contribution is 0.673. The maximum Gasteiger partial charge on any atom is 0.00135 e. The molecule has 0 aromatic heterocycles. The highest BCUT2D eigenvalue weighted by molar-refractivity contribution is 9.11. The number of rotatable bonds is 9. The minimum atomic E-state index is 1.22. The van der Waals surface area contributed by atoms with E-state index < -0.39 is 0 Å². The van der Waals surface area contributed by atoms with Crippen LogP contribution in [0.5, 0.6) is 0 Å². The lowest BCUT2D eigenvalue weighted by Gasteiger charge is -1.99. The summed E-state index contributed by atoms with van der Waals surface area (Å²) in [6.45, 7) is 4.50. The molecule has 0 atom stereocenters. The van der Waals surface area contributed by atoms with Crippen LogP contribution < -0.4 is 0 Å². The fourth-order valence-electron chi connectivity index (χ4n) is 1.16. The standard InChI is InChI=1S/C12H23BrS/c1-3-5-7-8-9-12(13)11-14-10-6-4-2/h11H,3-10H2,1-2H3/b12-11+. The van der Waals surface area contributed by atoms with Gasteiger partial charge in [0.1, 0.15) is 0 Å². The quantitative estimate of drug-likeness (QED) is 0.486. The third-order valence-corrected chi connectivity index (χ3v) is 4.00. The van der Waals surface area contributed by atoms with Crippen LogP contribution in [0, 0.1) is 0 Å². The molecule has 0 aliphatic carbocycles. The summed E-state index contributed by atoms with van der Waals surface area (Å²) in [6, 6.07) is 0. The van der Waals surface area contributed by atoms with Gasteiger partial charge in [0, 0.05) is 4.48 Å². The normalized spacial score (nSPS) is 12.1. The second-order valence-corrected chi connectivity index (χ2v) is 5.60. The van der Waals surface area contributed by atoms with E-state index >= 15 is 0 Å². The van der Waals surface area contributed by atoms with E-state index in [9.17, 15) is 0 Å². The Bertz CT molecular complexity index is 143. The molecule has 0 saturated carbocycles. The molecule has 0 unspecified atom stereocenters. The van der Waals surface area contributed by atoms with Crippen molar-refractivity contribution in [2.75, 3.05) is 5.75 Å². The van der Waals surface area contributed by atoms with Crippen molar-refractivity contribution in [2.45, 2.75) is 58.8 Å². The van der Waals surface area contributed by atoms with Gasteiger partial charge in [0.25, 0.3) is 0 Å². The Morgan fingerprint density at radius 1 is 1.07 bits per heavy atom. The van der Waals surface area contributed by atoms with Gasteiger partial charge in [-0.1, -0.05) is 55.5 Å². The van der Waals surface area contributed by atoms with Crippen molar-refractivity contribution < 1.29 is 0 Å². The van der Waals surface area contributed by atoms with E-state index in [1.807, 2.05) is 11.8 Å². The summed E-state index contributed by atoms with van der Waals surface area (Å²) in [7, 11) is 0. The van der Waals surface area contributed by atoms with Crippen molar-refractivity contribution in [3.05, 3.63) is 9.89 Å². The molecular formula is C12H23BrS. The van der Waals surface area contributed by atoms with Gasteiger partial charge < -0.3 is 0 Å². The van der Waals surface area contributed by atoms with Crippen LogP contribution in [0.1, 0.15) is 58.8 Å². The summed E-state index contributed by atoms with van der Waals surface area (Å²) < 4.78 is 1.38. The van der Waals surface area contributed by atoms with Gasteiger partial charge in [-0.2, -0.15) is 0 Å². The van der Waals surface area contributed by atoms with Gasteiger partial charge in [-0.05, 0) is 30.4 Å². The number of hydrogen-bond acceptors (Lipinski definition) is 1. The topological polar surface area (TPSA) is 0 Å². The SMILES string of the molecule is CCCCCC/C(Br)=C\SCCCC. The summed E-state index contributed by atoms with van der Waals surface area (Å²) >= 11 is 5.56. The highest BCUT2D eigenvalue weighted by Gasteiger charge is 1.93. The Morgan fingerprint density at radius 2 is 1.79 bits per heavy atom. The molecule has 84 valence electrons. The van der Waals surface area contributed by atoms with Gasteiger partial charge in [0.05, 0.1) is 0 Å². The van der Waals surface area contributed by atoms with E-state index in [2.05, 4.69) is 35.2 Å². The molecule has 0 bridgehead atoms. The molecule has 0 aromatic rings. The zero-order valence-electron chi connectivity index (χ0n) is 9.52. The lowest BCUT2D eigenvalue weighted by Crippen LogP contribution is -1.78. The Labute approximate surface area is 102 Å². The second kappa shape index (κ2) is 11.6. The Balaban J connectivity index is 3.28. The summed E-state index contributed by atoms with van der Waals surface area (Å²) in [6.07, 6.45) is 9.26. The first-order valence-electron chi connectivity index (χ1n) is 5.77. The van der Waals surface area contributed by atoms with E-state index in [1.165, 1.54) is 55.2 Å². The number of thioether (sulfide) groups is 1. The third-order valence-electron chi connectivity index (χ3n) is 2.10. The Kier molecular flexibility index (Phi) is 12.1. The summed E-state index contributed by atoms with van der Waals surface area (Å²) in [4.78, 5) is 0. The zero-order chi connectivity index (χ0) is 10.6. The van der Waals surface area contributed by atoms with Crippen LogP contribution in [0.25, 0.3) is 0 Å². The molecule has 2 heteroatoms. The van der Waals surface area contributed by atoms with Crippen molar-refractivity contribution in [2.24, 2.45) is 0 Å². The molecule has 14 heavy (non-hydrogen) atoms.